The van der Waals surface area contributed by atoms with Crippen molar-refractivity contribution in [3.05, 3.63) is 64.2 Å². The molecule has 2 aromatic rings. The Kier molecular flexibility index (Phi) is 12.0. The third-order valence-electron chi connectivity index (χ3n) is 6.16. The third kappa shape index (κ3) is 9.55. The number of nitrogens with zero attached hydrogens (tertiary/aromatic N) is 1. The Bertz CT molecular complexity index is 1170. The van der Waals surface area contributed by atoms with Gasteiger partial charge in [0, 0.05) is 6.54 Å². The van der Waals surface area contributed by atoms with Crippen molar-refractivity contribution < 1.29 is 23.9 Å². The van der Waals surface area contributed by atoms with Crippen molar-refractivity contribution in [2.45, 2.75) is 84.9 Å². The van der Waals surface area contributed by atoms with Gasteiger partial charge in [-0.15, -0.1) is 0 Å². The number of amides is 4. The van der Waals surface area contributed by atoms with Gasteiger partial charge >= 0.3 is 6.09 Å². The zero-order valence-corrected chi connectivity index (χ0v) is 24.9. The van der Waals surface area contributed by atoms with Crippen molar-refractivity contribution in [1.82, 2.24) is 10.2 Å². The monoisotopic (exact) mass is 572 g/mol. The van der Waals surface area contributed by atoms with E-state index in [1.807, 2.05) is 39.0 Å². The number of ether oxygens (including phenoxy) is 1. The second-order valence-electron chi connectivity index (χ2n) is 10.7. The highest BCUT2D eigenvalue weighted by molar-refractivity contribution is 6.34. The molecule has 40 heavy (non-hydrogen) atoms. The largest absolute Gasteiger partial charge is 0.444 e. The molecule has 0 aliphatic rings. The van der Waals surface area contributed by atoms with Gasteiger partial charge in [0.15, 0.2) is 0 Å². The maximum atomic E-state index is 14.1. The van der Waals surface area contributed by atoms with Gasteiger partial charge in [0.05, 0.1) is 17.1 Å². The lowest BCUT2D eigenvalue weighted by Crippen LogP contribution is -2.53. The van der Waals surface area contributed by atoms with Crippen LogP contribution in [0.3, 0.4) is 0 Å². The zero-order valence-electron chi connectivity index (χ0n) is 24.2. The number of benzene rings is 2. The fraction of sp³-hybridized carbons (Fsp3) is 0.467. The van der Waals surface area contributed by atoms with Gasteiger partial charge in [-0.25, -0.2) is 4.79 Å². The molecule has 9 nitrogen and oxygen atoms in total. The van der Waals surface area contributed by atoms with Gasteiger partial charge < -0.3 is 26.0 Å². The number of unbranched alkanes of at least 4 members (excludes halogenated alkanes) is 1. The molecule has 2 rings (SSSR count). The van der Waals surface area contributed by atoms with Crippen LogP contribution in [0.15, 0.2) is 42.5 Å². The van der Waals surface area contributed by atoms with E-state index in [1.54, 1.807) is 45.0 Å². The smallest absolute Gasteiger partial charge is 0.408 e. The van der Waals surface area contributed by atoms with Gasteiger partial charge in [-0.2, -0.15) is 0 Å². The Morgan fingerprint density at radius 3 is 2.23 bits per heavy atom. The van der Waals surface area contributed by atoms with E-state index in [9.17, 15) is 19.2 Å². The van der Waals surface area contributed by atoms with Crippen LogP contribution in [0.25, 0.3) is 0 Å². The molecule has 218 valence electrons. The topological polar surface area (TPSA) is 131 Å². The molecule has 2 unspecified atom stereocenters. The Morgan fingerprint density at radius 1 is 1.05 bits per heavy atom. The lowest BCUT2D eigenvalue weighted by atomic mass is 9.99. The molecular weight excluding hydrogens is 532 g/mol. The first-order chi connectivity index (χ1) is 18.8. The van der Waals surface area contributed by atoms with Crippen LogP contribution in [0.5, 0.6) is 0 Å². The van der Waals surface area contributed by atoms with Crippen molar-refractivity contribution in [2.24, 2.45) is 5.73 Å². The maximum Gasteiger partial charge on any atom is 0.408 e. The molecule has 0 bridgehead atoms. The van der Waals surface area contributed by atoms with Gasteiger partial charge in [0.25, 0.3) is 5.91 Å². The molecule has 10 heteroatoms. The van der Waals surface area contributed by atoms with Crippen molar-refractivity contribution in [3.63, 3.8) is 0 Å². The number of hydrogen-bond donors (Lipinski definition) is 3. The van der Waals surface area contributed by atoms with Gasteiger partial charge in [-0.1, -0.05) is 68.3 Å². The zero-order chi connectivity index (χ0) is 30.0. The average molecular weight is 573 g/mol. The summed E-state index contributed by atoms with van der Waals surface area (Å²) in [6.45, 7) is 11.0. The van der Waals surface area contributed by atoms with Crippen molar-refractivity contribution in [2.75, 3.05) is 11.9 Å². The summed E-state index contributed by atoms with van der Waals surface area (Å²) in [5.41, 5.74) is 7.45. The van der Waals surface area contributed by atoms with E-state index in [0.717, 1.165) is 24.0 Å². The number of carbonyl (C=O) groups excluding carboxylic acids is 4. The molecule has 4 amide bonds. The minimum atomic E-state index is -1.34. The van der Waals surface area contributed by atoms with Crippen LogP contribution in [-0.2, 0) is 25.5 Å². The van der Waals surface area contributed by atoms with Crippen LogP contribution in [0, 0.1) is 6.92 Å². The lowest BCUT2D eigenvalue weighted by Gasteiger charge is -2.34. The fourth-order valence-corrected chi connectivity index (χ4v) is 4.41. The van der Waals surface area contributed by atoms with Crippen LogP contribution in [0.2, 0.25) is 5.02 Å². The standard InChI is InChI=1S/C30H41ClN4O5/c1-7-9-17-35(28(38)23(18-24(32)36)33-29(39)40-30(4,5)6)26(21-15-13-20(8-2)14-16-21)27(37)34-25-19(3)11-10-12-22(25)31/h10-16,23,26H,7-9,17-18H2,1-6H3,(H2,32,36)(H,33,39)(H,34,37). The summed E-state index contributed by atoms with van der Waals surface area (Å²) in [6, 6.07) is 10.3. The minimum Gasteiger partial charge on any atom is -0.444 e. The first-order valence-electron chi connectivity index (χ1n) is 13.5. The normalized spacial score (nSPS) is 12.7. The summed E-state index contributed by atoms with van der Waals surface area (Å²) >= 11 is 6.40. The van der Waals surface area contributed by atoms with E-state index >= 15 is 0 Å². The Hall–Kier alpha value is -3.59. The number of nitrogens with two attached hydrogens (primary N) is 1. The van der Waals surface area contributed by atoms with E-state index in [1.165, 1.54) is 4.90 Å². The average Bonchev–Trinajstić information content (AvgIpc) is 2.86. The van der Waals surface area contributed by atoms with Crippen molar-refractivity contribution >= 4 is 41.1 Å². The third-order valence-corrected chi connectivity index (χ3v) is 6.48. The molecule has 0 aromatic heterocycles. The highest BCUT2D eigenvalue weighted by Gasteiger charge is 2.37. The van der Waals surface area contributed by atoms with E-state index < -0.39 is 47.9 Å². The van der Waals surface area contributed by atoms with Crippen LogP contribution in [0.1, 0.15) is 76.6 Å². The van der Waals surface area contributed by atoms with E-state index in [0.29, 0.717) is 22.7 Å². The summed E-state index contributed by atoms with van der Waals surface area (Å²) in [5, 5.41) is 5.75. The van der Waals surface area contributed by atoms with Crippen LogP contribution < -0.4 is 16.4 Å². The number of carbonyl (C=O) groups is 4. The minimum absolute atomic E-state index is 0.190. The van der Waals surface area contributed by atoms with E-state index in [4.69, 9.17) is 22.1 Å². The van der Waals surface area contributed by atoms with E-state index in [-0.39, 0.29) is 6.54 Å². The molecule has 0 saturated carbocycles. The quantitative estimate of drug-likeness (QED) is 0.318. The number of halogens is 1. The Morgan fingerprint density at radius 2 is 1.70 bits per heavy atom. The SMILES string of the molecule is CCCCN(C(=O)C(CC(N)=O)NC(=O)OC(C)(C)C)C(C(=O)Nc1c(C)cccc1Cl)c1ccc(CC)cc1. The molecule has 2 aromatic carbocycles. The molecule has 0 fully saturated rings. The highest BCUT2D eigenvalue weighted by atomic mass is 35.5. The predicted molar refractivity (Wildman–Crippen MR) is 157 cm³/mol. The summed E-state index contributed by atoms with van der Waals surface area (Å²) in [6.07, 6.45) is 0.768. The lowest BCUT2D eigenvalue weighted by molar-refractivity contribution is -0.142. The molecule has 0 heterocycles. The molecule has 0 spiro atoms. The van der Waals surface area contributed by atoms with E-state index in [2.05, 4.69) is 10.6 Å². The number of para-hydroxylation sites is 1. The number of nitrogens with one attached hydrogen (secondary N) is 2. The predicted octanol–water partition coefficient (Wildman–Crippen LogP) is 5.29. The molecular formula is C30H41ClN4O5. The summed E-state index contributed by atoms with van der Waals surface area (Å²) < 4.78 is 5.32. The number of alkyl carbamates (subject to hydrolysis) is 1. The first kappa shape index (κ1) is 32.6. The molecule has 0 aliphatic heterocycles. The number of aryl methyl sites for hydroxylation is 2. The van der Waals surface area contributed by atoms with Gasteiger partial charge in [0.1, 0.15) is 17.7 Å². The second kappa shape index (κ2) is 14.7. The van der Waals surface area contributed by atoms with Crippen LogP contribution >= 0.6 is 11.6 Å². The van der Waals surface area contributed by atoms with Crippen molar-refractivity contribution in [3.8, 4) is 0 Å². The van der Waals surface area contributed by atoms with Crippen molar-refractivity contribution in [1.29, 1.82) is 0 Å². The fourth-order valence-electron chi connectivity index (χ4n) is 4.14. The Labute approximate surface area is 241 Å². The molecule has 0 aliphatic carbocycles. The number of anilines is 1. The number of hydrogen-bond acceptors (Lipinski definition) is 5. The molecule has 0 saturated heterocycles. The Balaban J connectivity index is 2.58. The van der Waals surface area contributed by atoms with Crippen LogP contribution in [-0.4, -0.2) is 46.9 Å². The van der Waals surface area contributed by atoms with Crippen LogP contribution in [0.4, 0.5) is 10.5 Å². The van der Waals surface area contributed by atoms with Gasteiger partial charge in [-0.05, 0) is 63.3 Å². The number of rotatable bonds is 12. The van der Waals surface area contributed by atoms with Gasteiger partial charge in [-0.3, -0.25) is 14.4 Å². The maximum absolute atomic E-state index is 14.1. The second-order valence-corrected chi connectivity index (χ2v) is 11.1. The number of primary amides is 1. The summed E-state index contributed by atoms with van der Waals surface area (Å²) in [4.78, 5) is 54.0. The molecule has 0 radical (unpaired) electrons. The summed E-state index contributed by atoms with van der Waals surface area (Å²) in [5.74, 6) is -1.90. The molecule has 4 N–H and O–H groups in total. The highest BCUT2D eigenvalue weighted by Crippen LogP contribution is 2.30. The summed E-state index contributed by atoms with van der Waals surface area (Å²) in [7, 11) is 0. The molecule has 2 atom stereocenters. The van der Waals surface area contributed by atoms with Gasteiger partial charge in [0.2, 0.25) is 11.8 Å². The first-order valence-corrected chi connectivity index (χ1v) is 13.9.